The first-order valence-electron chi connectivity index (χ1n) is 5.52. The summed E-state index contributed by atoms with van der Waals surface area (Å²) in [6.07, 6.45) is 0. The molecule has 1 aromatic heterocycles. The number of aryl methyl sites for hydroxylation is 1. The predicted octanol–water partition coefficient (Wildman–Crippen LogP) is 0.958. The van der Waals surface area contributed by atoms with Gasteiger partial charge in [-0.15, -0.1) is 0 Å². The van der Waals surface area contributed by atoms with Gasteiger partial charge in [-0.05, 0) is 12.1 Å². The molecule has 6 heteroatoms. The third-order valence-corrected chi connectivity index (χ3v) is 2.69. The van der Waals surface area contributed by atoms with Crippen molar-refractivity contribution in [2.75, 3.05) is 14.2 Å². The minimum atomic E-state index is 0.349. The summed E-state index contributed by atoms with van der Waals surface area (Å²) in [6.45, 7) is 0.349. The number of nitrogens with zero attached hydrogens (tertiary/aromatic N) is 3. The van der Waals surface area contributed by atoms with Crippen molar-refractivity contribution < 1.29 is 9.47 Å². The number of benzene rings is 1. The molecule has 2 aromatic rings. The highest BCUT2D eigenvalue weighted by Gasteiger charge is 2.13. The molecule has 0 radical (unpaired) electrons. The van der Waals surface area contributed by atoms with Crippen LogP contribution in [0.3, 0.4) is 0 Å². The van der Waals surface area contributed by atoms with Crippen molar-refractivity contribution in [2.45, 2.75) is 6.54 Å². The molecule has 0 aliphatic carbocycles. The van der Waals surface area contributed by atoms with Crippen molar-refractivity contribution in [3.8, 4) is 22.9 Å². The fraction of sp³-hybridized carbons (Fsp3) is 0.333. The summed E-state index contributed by atoms with van der Waals surface area (Å²) in [4.78, 5) is 4.37. The molecule has 0 atom stereocenters. The number of aromatic nitrogens is 3. The lowest BCUT2D eigenvalue weighted by Crippen LogP contribution is -2.05. The van der Waals surface area contributed by atoms with E-state index in [1.54, 1.807) is 25.0 Å². The predicted molar refractivity (Wildman–Crippen MR) is 67.4 cm³/mol. The molecule has 0 bridgehead atoms. The molecule has 2 N–H and O–H groups in total. The van der Waals surface area contributed by atoms with Crippen LogP contribution in [-0.2, 0) is 13.6 Å². The Morgan fingerprint density at radius 1 is 1.28 bits per heavy atom. The van der Waals surface area contributed by atoms with Crippen LogP contribution in [0.2, 0.25) is 0 Å². The Bertz CT molecular complexity index is 551. The number of hydrogen-bond donors (Lipinski definition) is 1. The highest BCUT2D eigenvalue weighted by atomic mass is 16.5. The van der Waals surface area contributed by atoms with E-state index in [-0.39, 0.29) is 0 Å². The molecule has 0 amide bonds. The number of rotatable bonds is 4. The van der Waals surface area contributed by atoms with E-state index in [1.165, 1.54) is 0 Å². The zero-order valence-electron chi connectivity index (χ0n) is 10.7. The molecule has 1 heterocycles. The zero-order valence-corrected chi connectivity index (χ0v) is 10.7. The fourth-order valence-corrected chi connectivity index (χ4v) is 1.69. The van der Waals surface area contributed by atoms with E-state index in [2.05, 4.69) is 10.1 Å². The summed E-state index contributed by atoms with van der Waals surface area (Å²) in [7, 11) is 5.03. The van der Waals surface area contributed by atoms with E-state index < -0.39 is 0 Å². The van der Waals surface area contributed by atoms with Gasteiger partial charge in [-0.3, -0.25) is 4.68 Å². The van der Waals surface area contributed by atoms with Crippen molar-refractivity contribution in [1.29, 1.82) is 0 Å². The van der Waals surface area contributed by atoms with Gasteiger partial charge >= 0.3 is 0 Å². The van der Waals surface area contributed by atoms with Crippen molar-refractivity contribution in [1.82, 2.24) is 14.8 Å². The summed E-state index contributed by atoms with van der Waals surface area (Å²) in [6, 6.07) is 5.51. The smallest absolute Gasteiger partial charge is 0.185 e. The molecule has 0 spiro atoms. The lowest BCUT2D eigenvalue weighted by molar-refractivity contribution is 0.395. The average molecular weight is 248 g/mol. The first kappa shape index (κ1) is 12.4. The summed E-state index contributed by atoms with van der Waals surface area (Å²) in [5, 5.41) is 4.32. The van der Waals surface area contributed by atoms with Crippen LogP contribution in [0.15, 0.2) is 18.2 Å². The van der Waals surface area contributed by atoms with E-state index in [4.69, 9.17) is 15.2 Å². The Hall–Kier alpha value is -2.08. The molecule has 2 rings (SSSR count). The Morgan fingerprint density at radius 2 is 2.06 bits per heavy atom. The molecule has 6 nitrogen and oxygen atoms in total. The summed E-state index contributed by atoms with van der Waals surface area (Å²) in [5.74, 6) is 2.72. The van der Waals surface area contributed by atoms with Crippen LogP contribution in [0.5, 0.6) is 11.5 Å². The third kappa shape index (κ3) is 2.14. The molecule has 0 saturated heterocycles. The van der Waals surface area contributed by atoms with Crippen LogP contribution < -0.4 is 15.2 Å². The van der Waals surface area contributed by atoms with Gasteiger partial charge in [0.1, 0.15) is 17.3 Å². The van der Waals surface area contributed by atoms with Gasteiger partial charge in [-0.2, -0.15) is 5.10 Å². The largest absolute Gasteiger partial charge is 0.497 e. The normalized spacial score (nSPS) is 10.4. The number of hydrogen-bond acceptors (Lipinski definition) is 5. The maximum atomic E-state index is 5.58. The van der Waals surface area contributed by atoms with Crippen LogP contribution in [0.25, 0.3) is 11.4 Å². The minimum Gasteiger partial charge on any atom is -0.497 e. The van der Waals surface area contributed by atoms with E-state index in [9.17, 15) is 0 Å². The summed E-state index contributed by atoms with van der Waals surface area (Å²) in [5.41, 5.74) is 6.40. The van der Waals surface area contributed by atoms with Crippen LogP contribution in [0, 0.1) is 0 Å². The van der Waals surface area contributed by atoms with E-state index in [0.717, 1.165) is 17.1 Å². The van der Waals surface area contributed by atoms with Crippen LogP contribution in [-0.4, -0.2) is 29.0 Å². The Morgan fingerprint density at radius 3 is 2.61 bits per heavy atom. The maximum Gasteiger partial charge on any atom is 0.185 e. The van der Waals surface area contributed by atoms with Crippen LogP contribution in [0.4, 0.5) is 0 Å². The van der Waals surface area contributed by atoms with E-state index in [1.807, 2.05) is 19.2 Å². The standard InChI is InChI=1S/C12H16N4O2/c1-16-11(7-13)14-12(15-16)9-5-4-8(17-2)6-10(9)18-3/h4-6H,7,13H2,1-3H3. The SMILES string of the molecule is COc1ccc(-c2nc(CN)n(C)n2)c(OC)c1. The topological polar surface area (TPSA) is 75.2 Å². The first-order valence-corrected chi connectivity index (χ1v) is 5.52. The van der Waals surface area contributed by atoms with Crippen LogP contribution >= 0.6 is 0 Å². The van der Waals surface area contributed by atoms with Gasteiger partial charge < -0.3 is 15.2 Å². The Kier molecular flexibility index (Phi) is 3.47. The highest BCUT2D eigenvalue weighted by molar-refractivity contribution is 5.65. The molecule has 0 fully saturated rings. The number of methoxy groups -OCH3 is 2. The van der Waals surface area contributed by atoms with Gasteiger partial charge in [0.15, 0.2) is 5.82 Å². The fourth-order valence-electron chi connectivity index (χ4n) is 1.69. The third-order valence-electron chi connectivity index (χ3n) is 2.69. The summed E-state index contributed by atoms with van der Waals surface area (Å²) >= 11 is 0. The van der Waals surface area contributed by atoms with Crippen molar-refractivity contribution in [2.24, 2.45) is 12.8 Å². The maximum absolute atomic E-state index is 5.58. The lowest BCUT2D eigenvalue weighted by Gasteiger charge is -2.07. The second-order valence-electron chi connectivity index (χ2n) is 3.75. The number of nitrogens with two attached hydrogens (primary N) is 1. The summed E-state index contributed by atoms with van der Waals surface area (Å²) < 4.78 is 12.1. The van der Waals surface area contributed by atoms with Gasteiger partial charge in [0, 0.05) is 13.1 Å². The Balaban J connectivity index is 2.48. The quantitative estimate of drug-likeness (QED) is 0.872. The zero-order chi connectivity index (χ0) is 13.1. The molecule has 0 unspecified atom stereocenters. The van der Waals surface area contributed by atoms with Gasteiger partial charge in [-0.1, -0.05) is 0 Å². The molecule has 1 aromatic carbocycles. The lowest BCUT2D eigenvalue weighted by atomic mass is 10.2. The first-order chi connectivity index (χ1) is 8.69. The van der Waals surface area contributed by atoms with Gasteiger partial charge in [-0.25, -0.2) is 4.98 Å². The molecule has 0 saturated carbocycles. The second kappa shape index (κ2) is 5.05. The van der Waals surface area contributed by atoms with Crippen molar-refractivity contribution in [3.63, 3.8) is 0 Å². The number of ether oxygens (including phenoxy) is 2. The monoisotopic (exact) mass is 248 g/mol. The van der Waals surface area contributed by atoms with Crippen LogP contribution in [0.1, 0.15) is 5.82 Å². The average Bonchev–Trinajstić information content (AvgIpc) is 2.79. The van der Waals surface area contributed by atoms with Gasteiger partial charge in [0.25, 0.3) is 0 Å². The van der Waals surface area contributed by atoms with Gasteiger partial charge in [0.2, 0.25) is 0 Å². The molecule has 96 valence electrons. The molecule has 0 aliphatic rings. The van der Waals surface area contributed by atoms with Crippen molar-refractivity contribution >= 4 is 0 Å². The van der Waals surface area contributed by atoms with E-state index >= 15 is 0 Å². The molecule has 18 heavy (non-hydrogen) atoms. The second-order valence-corrected chi connectivity index (χ2v) is 3.75. The van der Waals surface area contributed by atoms with E-state index in [0.29, 0.717) is 18.1 Å². The molecular formula is C12H16N4O2. The minimum absolute atomic E-state index is 0.349. The molecular weight excluding hydrogens is 232 g/mol. The van der Waals surface area contributed by atoms with Gasteiger partial charge in [0.05, 0.1) is 26.3 Å². The highest BCUT2D eigenvalue weighted by Crippen LogP contribution is 2.31. The Labute approximate surface area is 105 Å². The molecule has 0 aliphatic heterocycles. The van der Waals surface area contributed by atoms with Crippen molar-refractivity contribution in [3.05, 3.63) is 24.0 Å².